The average Bonchev–Trinajstić information content (AvgIpc) is 3.77. The van der Waals surface area contributed by atoms with E-state index in [1.165, 1.54) is 77.2 Å². The summed E-state index contributed by atoms with van der Waals surface area (Å²) in [5.41, 5.74) is 0.966. The van der Waals surface area contributed by atoms with Crippen molar-refractivity contribution in [3.05, 3.63) is 107 Å². The molecule has 13 nitrogen and oxygen atoms in total. The normalized spacial score (nSPS) is 13.5. The second-order valence-corrected chi connectivity index (χ2v) is 15.0. The molecular weight excluding hydrogens is 787 g/mol. The first-order valence-electron chi connectivity index (χ1n) is 19.1. The summed E-state index contributed by atoms with van der Waals surface area (Å²) >= 11 is 6.54. The fourth-order valence-electron chi connectivity index (χ4n) is 7.02. The zero-order valence-electron chi connectivity index (χ0n) is 33.4. The summed E-state index contributed by atoms with van der Waals surface area (Å²) in [4.78, 5) is 62.1. The van der Waals surface area contributed by atoms with Gasteiger partial charge < -0.3 is 29.9 Å². The first kappa shape index (κ1) is 42.6. The number of piperazine rings is 1. The molecule has 1 aliphatic rings. The molecule has 59 heavy (non-hydrogen) atoms. The van der Waals surface area contributed by atoms with Crippen LogP contribution in [0.2, 0.25) is 5.02 Å². The first-order chi connectivity index (χ1) is 28.2. The van der Waals surface area contributed by atoms with Gasteiger partial charge in [-0.15, -0.1) is 0 Å². The van der Waals surface area contributed by atoms with Gasteiger partial charge in [0.1, 0.15) is 12.4 Å². The molecule has 1 fully saturated rings. The molecule has 1 saturated heterocycles. The lowest BCUT2D eigenvalue weighted by Crippen LogP contribution is -2.52. The van der Waals surface area contributed by atoms with E-state index in [-0.39, 0.29) is 74.4 Å². The van der Waals surface area contributed by atoms with Gasteiger partial charge in [0.2, 0.25) is 11.8 Å². The van der Waals surface area contributed by atoms with Crippen molar-refractivity contribution < 1.29 is 32.3 Å². The molecule has 17 heteroatoms. The molecule has 1 atom stereocenters. The zero-order chi connectivity index (χ0) is 42.5. The number of rotatable bonds is 13. The Labute approximate surface area is 344 Å². The van der Waals surface area contributed by atoms with E-state index in [1.54, 1.807) is 17.9 Å². The molecule has 3 aromatic carbocycles. The molecule has 0 radical (unpaired) electrons. The highest BCUT2D eigenvalue weighted by molar-refractivity contribution is 6.34. The molecule has 0 aliphatic carbocycles. The molecule has 310 valence electrons. The molecule has 4 amide bonds. The fourth-order valence-corrected chi connectivity index (χ4v) is 7.28. The minimum atomic E-state index is -1.19. The Bertz CT molecular complexity index is 2390. The lowest BCUT2D eigenvalue weighted by molar-refractivity contribution is -0.137. The molecule has 1 unspecified atom stereocenters. The van der Waals surface area contributed by atoms with Gasteiger partial charge in [-0.25, -0.2) is 18.2 Å². The number of aromatic nitrogens is 4. The van der Waals surface area contributed by atoms with Crippen molar-refractivity contribution in [1.29, 1.82) is 0 Å². The van der Waals surface area contributed by atoms with Crippen LogP contribution in [-0.4, -0.2) is 104 Å². The number of nitrogens with zero attached hydrogens (tertiary/aromatic N) is 7. The third-order valence-electron chi connectivity index (χ3n) is 10.3. The van der Waals surface area contributed by atoms with Crippen LogP contribution in [0, 0.1) is 30.3 Å². The van der Waals surface area contributed by atoms with Crippen LogP contribution in [-0.2, 0) is 23.2 Å². The first-order valence-corrected chi connectivity index (χ1v) is 19.5. The monoisotopic (exact) mass is 831 g/mol. The summed E-state index contributed by atoms with van der Waals surface area (Å²) in [6.45, 7) is 5.69. The van der Waals surface area contributed by atoms with Gasteiger partial charge in [-0.1, -0.05) is 36.7 Å². The Hall–Kier alpha value is -6.00. The lowest BCUT2D eigenvalue weighted by Gasteiger charge is -2.36. The topological polar surface area (TPSA) is 138 Å². The minimum absolute atomic E-state index is 0.00115. The Morgan fingerprint density at radius 2 is 1.58 bits per heavy atom. The summed E-state index contributed by atoms with van der Waals surface area (Å²) in [6, 6.07) is 12.9. The summed E-state index contributed by atoms with van der Waals surface area (Å²) in [7, 11) is 5.44. The molecule has 2 aromatic heterocycles. The Balaban J connectivity index is 1.09. The van der Waals surface area contributed by atoms with Crippen molar-refractivity contribution in [2.75, 3.05) is 57.5 Å². The molecule has 0 saturated carbocycles. The second-order valence-electron chi connectivity index (χ2n) is 14.6. The van der Waals surface area contributed by atoms with Crippen molar-refractivity contribution in [3.63, 3.8) is 0 Å². The second kappa shape index (κ2) is 18.3. The van der Waals surface area contributed by atoms with Gasteiger partial charge in [0.25, 0.3) is 11.8 Å². The van der Waals surface area contributed by atoms with Gasteiger partial charge in [-0.3, -0.25) is 23.9 Å². The van der Waals surface area contributed by atoms with E-state index in [1.807, 2.05) is 25.9 Å². The van der Waals surface area contributed by atoms with Crippen molar-refractivity contribution in [2.45, 2.75) is 33.2 Å². The highest BCUT2D eigenvalue weighted by Gasteiger charge is 2.30. The van der Waals surface area contributed by atoms with Gasteiger partial charge in [0.05, 0.1) is 33.9 Å². The number of hydrogen-bond donors (Lipinski definition) is 2. The Kier molecular flexibility index (Phi) is 13.2. The van der Waals surface area contributed by atoms with Crippen molar-refractivity contribution in [3.8, 4) is 22.4 Å². The maximum Gasteiger partial charge on any atom is 0.291 e. The van der Waals surface area contributed by atoms with Crippen molar-refractivity contribution in [2.24, 2.45) is 13.0 Å². The maximum atomic E-state index is 15.7. The number of aryl methyl sites for hydroxylation is 1. The number of nitrogens with one attached hydrogen (secondary N) is 2. The lowest BCUT2D eigenvalue weighted by atomic mass is 10.00. The largest absolute Gasteiger partial charge is 0.339 e. The van der Waals surface area contributed by atoms with Crippen molar-refractivity contribution in [1.82, 2.24) is 34.0 Å². The summed E-state index contributed by atoms with van der Waals surface area (Å²) in [6.07, 6.45) is 4.17. The number of amides is 4. The predicted octanol–water partition coefficient (Wildman–Crippen LogP) is 6.48. The highest BCUT2D eigenvalue weighted by Crippen LogP contribution is 2.33. The number of halogens is 4. The molecule has 2 N–H and O–H groups in total. The van der Waals surface area contributed by atoms with Gasteiger partial charge in [0.15, 0.2) is 17.5 Å². The number of para-hydroxylation sites is 1. The number of imidazole rings is 1. The van der Waals surface area contributed by atoms with E-state index < -0.39 is 29.3 Å². The van der Waals surface area contributed by atoms with E-state index >= 15 is 8.78 Å². The number of anilines is 2. The predicted molar refractivity (Wildman–Crippen MR) is 218 cm³/mol. The number of benzene rings is 3. The smallest absolute Gasteiger partial charge is 0.291 e. The van der Waals surface area contributed by atoms with Gasteiger partial charge >= 0.3 is 0 Å². The molecule has 3 heterocycles. The van der Waals surface area contributed by atoms with Crippen LogP contribution in [0.1, 0.15) is 46.4 Å². The van der Waals surface area contributed by atoms with Gasteiger partial charge in [0, 0.05) is 67.7 Å². The molecule has 0 spiro atoms. The molecule has 6 rings (SSSR count). The number of carbonyl (C=O) groups excluding carboxylic acids is 4. The van der Waals surface area contributed by atoms with E-state index in [9.17, 15) is 23.6 Å². The minimum Gasteiger partial charge on any atom is -0.339 e. The summed E-state index contributed by atoms with van der Waals surface area (Å²) in [5, 5.41) is 9.52. The standard InChI is InChI=1S/C42H45ClF3N9O4/c1-6-26(15-16-51(3)4)41(58)53-17-19-54(20-18-53)42(59)29-12-11-27(21-32(29)43)48-40(57)39-47-22-35(52(39)5)30-14-13-28(37(45)38(30)46)31-23-55(50-25(31)2)24-36(56)49-34-10-8-7-9-33(34)44/h7-14,21-23,26H,6,15-20,24H2,1-5H3,(H,48,57)(H,49,56). The van der Waals surface area contributed by atoms with Crippen LogP contribution in [0.5, 0.6) is 0 Å². The molecular formula is C42H45ClF3N9O4. The van der Waals surface area contributed by atoms with Gasteiger partial charge in [-0.05, 0) is 76.8 Å². The zero-order valence-corrected chi connectivity index (χ0v) is 34.1. The quantitative estimate of drug-likeness (QED) is 0.139. The van der Waals surface area contributed by atoms with E-state index in [4.69, 9.17) is 11.6 Å². The van der Waals surface area contributed by atoms with Crippen LogP contribution < -0.4 is 10.6 Å². The summed E-state index contributed by atoms with van der Waals surface area (Å²) < 4.78 is 48.0. The van der Waals surface area contributed by atoms with Crippen LogP contribution in [0.3, 0.4) is 0 Å². The Morgan fingerprint density at radius 3 is 2.25 bits per heavy atom. The van der Waals surface area contributed by atoms with Crippen LogP contribution in [0.15, 0.2) is 67.0 Å². The molecule has 5 aromatic rings. The SMILES string of the molecule is CCC(CCN(C)C)C(=O)N1CCN(C(=O)c2ccc(NC(=O)c3ncc(-c4ccc(-c5cn(CC(=O)Nc6ccccc6F)nc5C)c(F)c4F)n3C)cc2Cl)CC1. The third-order valence-corrected chi connectivity index (χ3v) is 10.7. The number of carbonyl (C=O) groups is 4. The number of hydrogen-bond acceptors (Lipinski definition) is 7. The highest BCUT2D eigenvalue weighted by atomic mass is 35.5. The van der Waals surface area contributed by atoms with Crippen LogP contribution in [0.4, 0.5) is 24.5 Å². The fraction of sp³-hybridized carbons (Fsp3) is 0.333. The van der Waals surface area contributed by atoms with Crippen molar-refractivity contribution >= 4 is 46.6 Å². The Morgan fingerprint density at radius 1 is 0.898 bits per heavy atom. The van der Waals surface area contributed by atoms with Crippen LogP contribution >= 0.6 is 11.6 Å². The maximum absolute atomic E-state index is 15.7. The molecule has 1 aliphatic heterocycles. The average molecular weight is 832 g/mol. The third kappa shape index (κ3) is 9.50. The van der Waals surface area contributed by atoms with E-state index in [0.717, 1.165) is 19.4 Å². The van der Waals surface area contributed by atoms with Gasteiger partial charge in [-0.2, -0.15) is 5.10 Å². The molecule has 0 bridgehead atoms. The van der Waals surface area contributed by atoms with Crippen LogP contribution in [0.25, 0.3) is 22.4 Å². The summed E-state index contributed by atoms with van der Waals surface area (Å²) in [5.74, 6) is -4.54. The van der Waals surface area contributed by atoms with E-state index in [0.29, 0.717) is 31.9 Å². The van der Waals surface area contributed by atoms with E-state index in [2.05, 4.69) is 25.6 Å².